The monoisotopic (exact) mass is 279 g/mol. The van der Waals surface area contributed by atoms with Crippen LogP contribution in [0.2, 0.25) is 0 Å². The van der Waals surface area contributed by atoms with Crippen LogP contribution in [0.25, 0.3) is 10.9 Å². The van der Waals surface area contributed by atoms with Crippen molar-refractivity contribution in [2.45, 2.75) is 13.1 Å². The molecule has 4 heteroatoms. The first-order chi connectivity index (χ1) is 10.3. The summed E-state index contributed by atoms with van der Waals surface area (Å²) >= 11 is 0. The Hall–Kier alpha value is -2.46. The number of rotatable bonds is 4. The van der Waals surface area contributed by atoms with Gasteiger partial charge < -0.3 is 9.88 Å². The number of fused-ring (bicyclic) bond motifs is 1. The molecule has 0 unspecified atom stereocenters. The Bertz CT molecular complexity index is 809. The lowest BCUT2D eigenvalue weighted by Crippen LogP contribution is -2.21. The van der Waals surface area contributed by atoms with Gasteiger partial charge in [-0.15, -0.1) is 0 Å². The van der Waals surface area contributed by atoms with Crippen LogP contribution in [-0.2, 0) is 20.1 Å². The highest BCUT2D eigenvalue weighted by Gasteiger charge is 2.06. The van der Waals surface area contributed by atoms with Crippen molar-refractivity contribution in [3.05, 3.63) is 76.3 Å². The Morgan fingerprint density at radius 2 is 1.86 bits per heavy atom. The van der Waals surface area contributed by atoms with Gasteiger partial charge in [0.2, 0.25) is 0 Å². The number of nitrogens with zero attached hydrogens (tertiary/aromatic N) is 2. The minimum absolute atomic E-state index is 0.103. The average molecular weight is 279 g/mol. The summed E-state index contributed by atoms with van der Waals surface area (Å²) in [7, 11) is 1.97. The van der Waals surface area contributed by atoms with Gasteiger partial charge in [-0.25, -0.2) is 0 Å². The smallest absolute Gasteiger partial charge is 0.193 e. The second kappa shape index (κ2) is 5.89. The molecule has 0 spiro atoms. The second-order valence-electron chi connectivity index (χ2n) is 5.07. The highest BCUT2D eigenvalue weighted by molar-refractivity contribution is 5.79. The molecule has 1 aromatic carbocycles. The molecule has 2 heterocycles. The van der Waals surface area contributed by atoms with E-state index in [0.29, 0.717) is 6.54 Å². The molecule has 1 N–H and O–H groups in total. The van der Waals surface area contributed by atoms with Crippen LogP contribution >= 0.6 is 0 Å². The number of aryl methyl sites for hydroxylation is 1. The molecule has 0 fully saturated rings. The van der Waals surface area contributed by atoms with Crippen molar-refractivity contribution in [3.63, 3.8) is 0 Å². The first-order valence-electron chi connectivity index (χ1n) is 6.92. The first-order valence-corrected chi connectivity index (χ1v) is 6.92. The molecule has 3 aromatic rings. The third kappa shape index (κ3) is 2.85. The van der Waals surface area contributed by atoms with E-state index in [4.69, 9.17) is 0 Å². The Labute approximate surface area is 123 Å². The fraction of sp³-hybridized carbons (Fsp3) is 0.176. The predicted molar refractivity (Wildman–Crippen MR) is 84.0 cm³/mol. The van der Waals surface area contributed by atoms with Crippen molar-refractivity contribution in [2.24, 2.45) is 7.05 Å². The summed E-state index contributed by atoms with van der Waals surface area (Å²) in [6.45, 7) is 1.28. The molecule has 21 heavy (non-hydrogen) atoms. The summed E-state index contributed by atoms with van der Waals surface area (Å²) in [4.78, 5) is 16.5. The third-order valence-corrected chi connectivity index (χ3v) is 3.56. The van der Waals surface area contributed by atoms with Crippen LogP contribution in [0, 0.1) is 0 Å². The van der Waals surface area contributed by atoms with Crippen LogP contribution in [0.4, 0.5) is 0 Å². The van der Waals surface area contributed by atoms with Crippen molar-refractivity contribution in [1.29, 1.82) is 0 Å². The zero-order valence-corrected chi connectivity index (χ0v) is 11.9. The predicted octanol–water partition coefficient (Wildman–Crippen LogP) is 2.22. The van der Waals surface area contributed by atoms with Crippen LogP contribution in [0.15, 0.2) is 59.8 Å². The normalized spacial score (nSPS) is 10.9. The van der Waals surface area contributed by atoms with Gasteiger partial charge >= 0.3 is 0 Å². The van der Waals surface area contributed by atoms with Gasteiger partial charge in [0.05, 0.1) is 5.52 Å². The molecule has 2 aromatic heterocycles. The van der Waals surface area contributed by atoms with E-state index >= 15 is 0 Å². The maximum Gasteiger partial charge on any atom is 0.193 e. The van der Waals surface area contributed by atoms with E-state index in [1.54, 1.807) is 12.4 Å². The highest BCUT2D eigenvalue weighted by atomic mass is 16.1. The van der Waals surface area contributed by atoms with Crippen LogP contribution in [0.1, 0.15) is 11.1 Å². The Morgan fingerprint density at radius 3 is 2.67 bits per heavy atom. The molecule has 4 nitrogen and oxygen atoms in total. The SMILES string of the molecule is Cn1cc(CNCc2ccncc2)c(=O)c2ccccc21. The number of pyridine rings is 2. The van der Waals surface area contributed by atoms with Gasteiger partial charge in [0, 0.05) is 49.7 Å². The van der Waals surface area contributed by atoms with Crippen LogP contribution in [-0.4, -0.2) is 9.55 Å². The molecule has 0 saturated heterocycles. The summed E-state index contributed by atoms with van der Waals surface area (Å²) in [6, 6.07) is 11.6. The van der Waals surface area contributed by atoms with Gasteiger partial charge in [0.15, 0.2) is 5.43 Å². The van der Waals surface area contributed by atoms with Crippen molar-refractivity contribution in [3.8, 4) is 0 Å². The minimum Gasteiger partial charge on any atom is -0.350 e. The van der Waals surface area contributed by atoms with E-state index < -0.39 is 0 Å². The molecule has 0 aliphatic heterocycles. The first kappa shape index (κ1) is 13.5. The lowest BCUT2D eigenvalue weighted by atomic mass is 10.1. The minimum atomic E-state index is 0.103. The number of aromatic nitrogens is 2. The molecular formula is C17H17N3O. The van der Waals surface area contributed by atoms with Gasteiger partial charge in [-0.1, -0.05) is 12.1 Å². The van der Waals surface area contributed by atoms with Crippen molar-refractivity contribution >= 4 is 10.9 Å². The number of para-hydroxylation sites is 1. The van der Waals surface area contributed by atoms with Crippen LogP contribution in [0.5, 0.6) is 0 Å². The van der Waals surface area contributed by atoms with E-state index in [1.807, 2.05) is 54.2 Å². The number of hydrogen-bond acceptors (Lipinski definition) is 3. The summed E-state index contributed by atoms with van der Waals surface area (Å²) < 4.78 is 2.00. The lowest BCUT2D eigenvalue weighted by molar-refractivity contribution is 0.684. The van der Waals surface area contributed by atoms with E-state index in [-0.39, 0.29) is 5.43 Å². The number of benzene rings is 1. The Balaban J connectivity index is 1.81. The van der Waals surface area contributed by atoms with Crippen molar-refractivity contribution < 1.29 is 0 Å². The molecule has 0 aliphatic rings. The maximum absolute atomic E-state index is 12.5. The number of hydrogen-bond donors (Lipinski definition) is 1. The lowest BCUT2D eigenvalue weighted by Gasteiger charge is -2.10. The topological polar surface area (TPSA) is 46.9 Å². The van der Waals surface area contributed by atoms with Gasteiger partial charge in [0.25, 0.3) is 0 Å². The van der Waals surface area contributed by atoms with E-state index in [2.05, 4.69) is 10.3 Å². The summed E-state index contributed by atoms with van der Waals surface area (Å²) in [5.41, 5.74) is 3.00. The standard InChI is InChI=1S/C17H17N3O/c1-20-12-14(11-19-10-13-6-8-18-9-7-13)17(21)15-4-2-3-5-16(15)20/h2-9,12,19H,10-11H2,1H3. The van der Waals surface area contributed by atoms with Gasteiger partial charge in [-0.3, -0.25) is 9.78 Å². The van der Waals surface area contributed by atoms with E-state index in [1.165, 1.54) is 0 Å². The van der Waals surface area contributed by atoms with E-state index in [9.17, 15) is 4.79 Å². The molecule has 0 saturated carbocycles. The fourth-order valence-corrected chi connectivity index (χ4v) is 2.48. The van der Waals surface area contributed by atoms with Gasteiger partial charge in [-0.2, -0.15) is 0 Å². The second-order valence-corrected chi connectivity index (χ2v) is 5.07. The zero-order valence-electron chi connectivity index (χ0n) is 11.9. The van der Waals surface area contributed by atoms with Crippen molar-refractivity contribution in [2.75, 3.05) is 0 Å². The Morgan fingerprint density at radius 1 is 1.10 bits per heavy atom. The highest BCUT2D eigenvalue weighted by Crippen LogP contribution is 2.10. The van der Waals surface area contributed by atoms with E-state index in [0.717, 1.165) is 28.6 Å². The molecule has 0 aliphatic carbocycles. The molecule has 106 valence electrons. The molecule has 0 atom stereocenters. The van der Waals surface area contributed by atoms with Crippen molar-refractivity contribution in [1.82, 2.24) is 14.9 Å². The summed E-state index contributed by atoms with van der Waals surface area (Å²) in [6.07, 6.45) is 5.45. The fourth-order valence-electron chi connectivity index (χ4n) is 2.48. The largest absolute Gasteiger partial charge is 0.350 e. The molecule has 0 bridgehead atoms. The molecule has 0 radical (unpaired) electrons. The molecule has 0 amide bonds. The van der Waals surface area contributed by atoms with Crippen LogP contribution < -0.4 is 10.7 Å². The quantitative estimate of drug-likeness (QED) is 0.796. The zero-order chi connectivity index (χ0) is 14.7. The summed E-state index contributed by atoms with van der Waals surface area (Å²) in [5.74, 6) is 0. The Kier molecular flexibility index (Phi) is 3.79. The van der Waals surface area contributed by atoms with Gasteiger partial charge in [-0.05, 0) is 29.8 Å². The molecular weight excluding hydrogens is 262 g/mol. The van der Waals surface area contributed by atoms with Gasteiger partial charge in [0.1, 0.15) is 0 Å². The third-order valence-electron chi connectivity index (χ3n) is 3.56. The average Bonchev–Trinajstić information content (AvgIpc) is 2.53. The van der Waals surface area contributed by atoms with Crippen LogP contribution in [0.3, 0.4) is 0 Å². The summed E-state index contributed by atoms with van der Waals surface area (Å²) in [5, 5.41) is 4.08. The molecule has 3 rings (SSSR count). The number of nitrogens with one attached hydrogen (secondary N) is 1. The maximum atomic E-state index is 12.5.